The number of nitrogens with zero attached hydrogens (tertiary/aromatic N) is 1. The predicted octanol–water partition coefficient (Wildman–Crippen LogP) is 3.78. The lowest BCUT2D eigenvalue weighted by Gasteiger charge is -2.35. The van der Waals surface area contributed by atoms with Gasteiger partial charge in [0.15, 0.2) is 0 Å². The Bertz CT molecular complexity index is 1140. The molecule has 2 aromatic rings. The van der Waals surface area contributed by atoms with Gasteiger partial charge in [-0.3, -0.25) is 24.6 Å². The highest BCUT2D eigenvalue weighted by Gasteiger charge is 2.45. The zero-order chi connectivity index (χ0) is 21.8. The Labute approximate surface area is 190 Å². The molecule has 3 aliphatic heterocycles. The van der Waals surface area contributed by atoms with Gasteiger partial charge in [-0.15, -0.1) is 11.8 Å². The largest absolute Gasteiger partial charge is 0.340 e. The third kappa shape index (κ3) is 3.10. The molecule has 3 heterocycles. The molecule has 2 N–H and O–H groups in total. The standard InChI is InChI=1S/C25H25N3O3S/c29-22-21-15-8-1-2-11-18(15)32-23(21)27-19(26-22)12-5-13-28-24(30)16-9-3-6-14-7-4-10-17(20(14)16)25(28)31/h3-4,6-7,9-10,19,21,23,27H,1-2,5,8,11-13H2,(H,26,29). The molecule has 2 aromatic carbocycles. The number of hydrogen-bond acceptors (Lipinski definition) is 5. The van der Waals surface area contributed by atoms with Gasteiger partial charge in [-0.2, -0.15) is 0 Å². The van der Waals surface area contributed by atoms with E-state index in [-0.39, 0.29) is 35.2 Å². The van der Waals surface area contributed by atoms with Crippen LogP contribution in [-0.2, 0) is 4.79 Å². The number of carbonyl (C=O) groups is 3. The molecule has 0 spiro atoms. The average Bonchev–Trinajstić information content (AvgIpc) is 3.18. The van der Waals surface area contributed by atoms with E-state index in [0.29, 0.717) is 30.5 Å². The fourth-order valence-electron chi connectivity index (χ4n) is 5.59. The van der Waals surface area contributed by atoms with Crippen molar-refractivity contribution < 1.29 is 14.4 Å². The van der Waals surface area contributed by atoms with Crippen LogP contribution in [0.3, 0.4) is 0 Å². The summed E-state index contributed by atoms with van der Waals surface area (Å²) in [5, 5.41) is 8.50. The third-order valence-electron chi connectivity index (χ3n) is 7.10. The summed E-state index contributed by atoms with van der Waals surface area (Å²) in [6.45, 7) is 0.340. The van der Waals surface area contributed by atoms with Gasteiger partial charge in [0.1, 0.15) is 0 Å². The second kappa shape index (κ2) is 7.74. The highest BCUT2D eigenvalue weighted by Crippen LogP contribution is 2.48. The summed E-state index contributed by atoms with van der Waals surface area (Å²) in [6.07, 6.45) is 5.69. The van der Waals surface area contributed by atoms with Gasteiger partial charge in [0.05, 0.1) is 17.5 Å². The SMILES string of the molecule is O=C1NC(CCCN2C(=O)c3cccc4cccc(c34)C2=O)NC2SC3=C(CCCC3)C12. The summed E-state index contributed by atoms with van der Waals surface area (Å²) in [4.78, 5) is 41.7. The van der Waals surface area contributed by atoms with E-state index in [9.17, 15) is 14.4 Å². The van der Waals surface area contributed by atoms with Crippen LogP contribution < -0.4 is 10.6 Å². The minimum Gasteiger partial charge on any atom is -0.340 e. The summed E-state index contributed by atoms with van der Waals surface area (Å²) in [5.41, 5.74) is 2.51. The van der Waals surface area contributed by atoms with Gasteiger partial charge in [-0.1, -0.05) is 24.3 Å². The number of carbonyl (C=O) groups excluding carboxylic acids is 3. The Morgan fingerprint density at radius 1 is 0.969 bits per heavy atom. The van der Waals surface area contributed by atoms with E-state index >= 15 is 0 Å². The number of thioether (sulfide) groups is 1. The van der Waals surface area contributed by atoms with Gasteiger partial charge in [-0.25, -0.2) is 0 Å². The molecule has 1 fully saturated rings. The van der Waals surface area contributed by atoms with Crippen molar-refractivity contribution in [1.29, 1.82) is 0 Å². The van der Waals surface area contributed by atoms with E-state index in [1.165, 1.54) is 28.2 Å². The lowest BCUT2D eigenvalue weighted by atomic mass is 9.87. The van der Waals surface area contributed by atoms with E-state index < -0.39 is 0 Å². The maximum Gasteiger partial charge on any atom is 0.261 e. The van der Waals surface area contributed by atoms with E-state index in [0.717, 1.165) is 23.6 Å². The Kier molecular flexibility index (Phi) is 4.84. The van der Waals surface area contributed by atoms with Gasteiger partial charge in [0.2, 0.25) is 5.91 Å². The van der Waals surface area contributed by atoms with Crippen molar-refractivity contribution >= 4 is 40.3 Å². The fraction of sp³-hybridized carbons (Fsp3) is 0.400. The second-order valence-electron chi connectivity index (χ2n) is 9.01. The molecule has 4 aliphatic rings. The molecule has 7 heteroatoms. The maximum atomic E-state index is 13.1. The van der Waals surface area contributed by atoms with Gasteiger partial charge in [-0.05, 0) is 66.5 Å². The third-order valence-corrected chi connectivity index (χ3v) is 8.51. The van der Waals surface area contributed by atoms with Crippen molar-refractivity contribution in [2.75, 3.05) is 6.54 Å². The van der Waals surface area contributed by atoms with E-state index in [1.54, 1.807) is 12.1 Å². The van der Waals surface area contributed by atoms with Crippen molar-refractivity contribution in [2.45, 2.75) is 50.1 Å². The van der Waals surface area contributed by atoms with Crippen LogP contribution >= 0.6 is 11.8 Å². The van der Waals surface area contributed by atoms with Crippen LogP contribution in [0.2, 0.25) is 0 Å². The Morgan fingerprint density at radius 3 is 2.44 bits per heavy atom. The zero-order valence-corrected chi connectivity index (χ0v) is 18.5. The van der Waals surface area contributed by atoms with Crippen LogP contribution in [0.5, 0.6) is 0 Å². The molecule has 0 radical (unpaired) electrons. The molecule has 32 heavy (non-hydrogen) atoms. The van der Waals surface area contributed by atoms with Crippen molar-refractivity contribution in [3.8, 4) is 0 Å². The number of nitrogens with one attached hydrogen (secondary N) is 2. The Balaban J connectivity index is 1.12. The molecule has 6 rings (SSSR count). The first-order valence-electron chi connectivity index (χ1n) is 11.4. The lowest BCUT2D eigenvalue weighted by Crippen LogP contribution is -2.59. The quantitative estimate of drug-likeness (QED) is 0.698. The summed E-state index contributed by atoms with van der Waals surface area (Å²) in [5.74, 6) is -0.399. The summed E-state index contributed by atoms with van der Waals surface area (Å²) < 4.78 is 0. The molecule has 3 atom stereocenters. The fourth-order valence-corrected chi connectivity index (χ4v) is 7.19. The van der Waals surface area contributed by atoms with Crippen molar-refractivity contribution in [3.05, 3.63) is 58.0 Å². The molecule has 3 unspecified atom stereocenters. The van der Waals surface area contributed by atoms with Crippen molar-refractivity contribution in [1.82, 2.24) is 15.5 Å². The zero-order valence-electron chi connectivity index (χ0n) is 17.7. The molecule has 3 amide bonds. The lowest BCUT2D eigenvalue weighted by molar-refractivity contribution is -0.127. The smallest absolute Gasteiger partial charge is 0.261 e. The first-order valence-corrected chi connectivity index (χ1v) is 12.3. The molecule has 164 valence electrons. The van der Waals surface area contributed by atoms with E-state index in [4.69, 9.17) is 0 Å². The van der Waals surface area contributed by atoms with Crippen molar-refractivity contribution in [2.24, 2.45) is 5.92 Å². The van der Waals surface area contributed by atoms with Crippen LogP contribution in [0, 0.1) is 5.92 Å². The van der Waals surface area contributed by atoms with Crippen LogP contribution in [0.25, 0.3) is 10.8 Å². The average molecular weight is 448 g/mol. The minimum absolute atomic E-state index is 0.0474. The maximum absolute atomic E-state index is 13.1. The number of allylic oxidation sites excluding steroid dienone is 1. The van der Waals surface area contributed by atoms with Crippen LogP contribution in [0.1, 0.15) is 59.2 Å². The van der Waals surface area contributed by atoms with Gasteiger partial charge in [0, 0.05) is 23.1 Å². The molecule has 0 bridgehead atoms. The first-order chi connectivity index (χ1) is 15.6. The predicted molar refractivity (Wildman–Crippen MR) is 124 cm³/mol. The number of imide groups is 1. The van der Waals surface area contributed by atoms with E-state index in [1.807, 2.05) is 36.0 Å². The van der Waals surface area contributed by atoms with Gasteiger partial charge >= 0.3 is 0 Å². The number of fused-ring (bicyclic) bond motifs is 2. The molecule has 6 nitrogen and oxygen atoms in total. The van der Waals surface area contributed by atoms with Crippen LogP contribution in [0.4, 0.5) is 0 Å². The summed E-state index contributed by atoms with van der Waals surface area (Å²) >= 11 is 1.83. The van der Waals surface area contributed by atoms with Crippen LogP contribution in [-0.4, -0.2) is 40.7 Å². The molecule has 0 aromatic heterocycles. The normalized spacial score (nSPS) is 26.9. The summed E-state index contributed by atoms with van der Waals surface area (Å²) in [6, 6.07) is 11.2. The van der Waals surface area contributed by atoms with Crippen LogP contribution in [0.15, 0.2) is 46.9 Å². The van der Waals surface area contributed by atoms with E-state index in [2.05, 4.69) is 10.6 Å². The second-order valence-corrected chi connectivity index (χ2v) is 10.2. The molecule has 1 saturated heterocycles. The first kappa shape index (κ1) is 20.0. The van der Waals surface area contributed by atoms with Gasteiger partial charge in [0.25, 0.3) is 11.8 Å². The van der Waals surface area contributed by atoms with Gasteiger partial charge < -0.3 is 5.32 Å². The molecule has 0 saturated carbocycles. The topological polar surface area (TPSA) is 78.5 Å². The Morgan fingerprint density at radius 2 is 1.69 bits per heavy atom. The number of rotatable bonds is 4. The summed E-state index contributed by atoms with van der Waals surface area (Å²) in [7, 11) is 0. The minimum atomic E-state index is -0.233. The Hall–Kier alpha value is -2.64. The highest BCUT2D eigenvalue weighted by atomic mass is 32.2. The number of hydrogen-bond donors (Lipinski definition) is 2. The monoisotopic (exact) mass is 447 g/mol. The number of benzene rings is 2. The molecular formula is C25H25N3O3S. The molecular weight excluding hydrogens is 422 g/mol. The number of amides is 3. The van der Waals surface area contributed by atoms with Crippen molar-refractivity contribution in [3.63, 3.8) is 0 Å². The molecule has 1 aliphatic carbocycles. The highest BCUT2D eigenvalue weighted by molar-refractivity contribution is 8.04.